The number of ether oxygens (including phenoxy) is 1. The highest BCUT2D eigenvalue weighted by Crippen LogP contribution is 2.15. The minimum Gasteiger partial charge on any atom is -0.484 e. The quantitative estimate of drug-likeness (QED) is 0.662. The zero-order chi connectivity index (χ0) is 17.5. The number of carbonyl (C=O) groups excluding carboxylic acids is 1. The molecule has 128 valence electrons. The first-order chi connectivity index (χ1) is 12.2. The molecular formula is C19H18BrN3O2. The van der Waals surface area contributed by atoms with Gasteiger partial charge < -0.3 is 10.1 Å². The van der Waals surface area contributed by atoms with Gasteiger partial charge in [-0.1, -0.05) is 28.1 Å². The average molecular weight is 400 g/mol. The zero-order valence-corrected chi connectivity index (χ0v) is 15.1. The van der Waals surface area contributed by atoms with Gasteiger partial charge in [0.25, 0.3) is 5.91 Å². The molecule has 0 aliphatic heterocycles. The number of rotatable bonds is 7. The third kappa shape index (κ3) is 5.19. The van der Waals surface area contributed by atoms with Gasteiger partial charge in [-0.05, 0) is 54.4 Å². The first-order valence-electron chi connectivity index (χ1n) is 7.95. The van der Waals surface area contributed by atoms with Gasteiger partial charge in [0, 0.05) is 23.4 Å². The number of halogens is 1. The van der Waals surface area contributed by atoms with Crippen LogP contribution in [0.4, 0.5) is 0 Å². The maximum Gasteiger partial charge on any atom is 0.257 e. The standard InChI is InChI=1S/C19H18BrN3O2/c20-16-4-8-18(9-5-16)25-14-19(24)21-12-10-15-2-6-17(7-3-15)23-13-1-11-22-23/h1-9,11,13H,10,12,14H2,(H,21,24). The fourth-order valence-corrected chi connectivity index (χ4v) is 2.58. The molecule has 0 spiro atoms. The van der Waals surface area contributed by atoms with E-state index < -0.39 is 0 Å². The number of nitrogens with one attached hydrogen (secondary N) is 1. The Morgan fingerprint density at radius 2 is 1.88 bits per heavy atom. The van der Waals surface area contributed by atoms with Crippen molar-refractivity contribution in [1.29, 1.82) is 0 Å². The highest BCUT2D eigenvalue weighted by Gasteiger charge is 2.03. The Morgan fingerprint density at radius 3 is 2.56 bits per heavy atom. The summed E-state index contributed by atoms with van der Waals surface area (Å²) in [7, 11) is 0. The molecule has 3 rings (SSSR count). The smallest absolute Gasteiger partial charge is 0.257 e. The van der Waals surface area contributed by atoms with Gasteiger partial charge in [0.1, 0.15) is 5.75 Å². The second-order valence-electron chi connectivity index (χ2n) is 5.46. The topological polar surface area (TPSA) is 56.1 Å². The summed E-state index contributed by atoms with van der Waals surface area (Å²) in [5.41, 5.74) is 2.17. The van der Waals surface area contributed by atoms with Crippen molar-refractivity contribution < 1.29 is 9.53 Å². The predicted molar refractivity (Wildman–Crippen MR) is 99.9 cm³/mol. The van der Waals surface area contributed by atoms with E-state index in [2.05, 4.69) is 26.3 Å². The van der Waals surface area contributed by atoms with Crippen LogP contribution in [0.1, 0.15) is 5.56 Å². The van der Waals surface area contributed by atoms with Crippen molar-refractivity contribution in [3.8, 4) is 11.4 Å². The van der Waals surface area contributed by atoms with Crippen LogP contribution >= 0.6 is 15.9 Å². The molecule has 0 saturated heterocycles. The van der Waals surface area contributed by atoms with Gasteiger partial charge in [-0.25, -0.2) is 4.68 Å². The molecule has 6 heteroatoms. The molecule has 1 amide bonds. The van der Waals surface area contributed by atoms with Crippen LogP contribution in [0.5, 0.6) is 5.75 Å². The molecule has 0 saturated carbocycles. The summed E-state index contributed by atoms with van der Waals surface area (Å²) in [5.74, 6) is 0.545. The molecule has 0 unspecified atom stereocenters. The number of benzene rings is 2. The first-order valence-corrected chi connectivity index (χ1v) is 8.74. The Bertz CT molecular complexity index is 800. The van der Waals surface area contributed by atoms with Crippen LogP contribution in [0.2, 0.25) is 0 Å². The normalized spacial score (nSPS) is 10.4. The fourth-order valence-electron chi connectivity index (χ4n) is 2.31. The van der Waals surface area contributed by atoms with Gasteiger partial charge in [0.05, 0.1) is 5.69 Å². The van der Waals surface area contributed by atoms with Gasteiger partial charge in [-0.15, -0.1) is 0 Å². The lowest BCUT2D eigenvalue weighted by Gasteiger charge is -2.08. The number of amides is 1. The molecule has 0 aliphatic carbocycles. The molecule has 0 bridgehead atoms. The van der Waals surface area contributed by atoms with Crippen LogP contribution in [0.3, 0.4) is 0 Å². The molecule has 3 aromatic rings. The average Bonchev–Trinajstić information content (AvgIpc) is 3.16. The molecule has 0 atom stereocenters. The van der Waals surface area contributed by atoms with Crippen molar-refractivity contribution in [2.24, 2.45) is 0 Å². The lowest BCUT2D eigenvalue weighted by Crippen LogP contribution is -2.30. The van der Waals surface area contributed by atoms with E-state index in [1.807, 2.05) is 65.5 Å². The summed E-state index contributed by atoms with van der Waals surface area (Å²) in [6.07, 6.45) is 4.42. The summed E-state index contributed by atoms with van der Waals surface area (Å²) in [6.45, 7) is 0.587. The van der Waals surface area contributed by atoms with E-state index in [-0.39, 0.29) is 12.5 Å². The van der Waals surface area contributed by atoms with E-state index in [1.165, 1.54) is 0 Å². The van der Waals surface area contributed by atoms with Crippen LogP contribution in [0.15, 0.2) is 71.5 Å². The lowest BCUT2D eigenvalue weighted by molar-refractivity contribution is -0.123. The van der Waals surface area contributed by atoms with E-state index in [1.54, 1.807) is 6.20 Å². The van der Waals surface area contributed by atoms with E-state index in [0.29, 0.717) is 12.3 Å². The van der Waals surface area contributed by atoms with Crippen LogP contribution in [0, 0.1) is 0 Å². The summed E-state index contributed by atoms with van der Waals surface area (Å²) < 4.78 is 8.23. The predicted octanol–water partition coefficient (Wildman–Crippen LogP) is 3.37. The van der Waals surface area contributed by atoms with Crippen molar-refractivity contribution in [3.05, 3.63) is 77.0 Å². The van der Waals surface area contributed by atoms with Gasteiger partial charge in [-0.2, -0.15) is 5.10 Å². The number of aromatic nitrogens is 2. The van der Waals surface area contributed by atoms with E-state index in [4.69, 9.17) is 4.74 Å². The maximum absolute atomic E-state index is 11.8. The van der Waals surface area contributed by atoms with Crippen molar-refractivity contribution in [3.63, 3.8) is 0 Å². The molecule has 1 N–H and O–H groups in total. The van der Waals surface area contributed by atoms with E-state index in [0.717, 1.165) is 22.1 Å². The first kappa shape index (κ1) is 17.2. The second kappa shape index (κ2) is 8.48. The molecular weight excluding hydrogens is 382 g/mol. The zero-order valence-electron chi connectivity index (χ0n) is 13.6. The lowest BCUT2D eigenvalue weighted by atomic mass is 10.1. The monoisotopic (exact) mass is 399 g/mol. The largest absolute Gasteiger partial charge is 0.484 e. The van der Waals surface area contributed by atoms with Crippen molar-refractivity contribution in [1.82, 2.24) is 15.1 Å². The van der Waals surface area contributed by atoms with E-state index in [9.17, 15) is 4.79 Å². The highest BCUT2D eigenvalue weighted by molar-refractivity contribution is 9.10. The molecule has 0 fully saturated rings. The Morgan fingerprint density at radius 1 is 1.12 bits per heavy atom. The SMILES string of the molecule is O=C(COc1ccc(Br)cc1)NCCc1ccc(-n2cccn2)cc1. The summed E-state index contributed by atoms with van der Waals surface area (Å²) in [6, 6.07) is 17.4. The molecule has 1 aromatic heterocycles. The number of nitrogens with zero attached hydrogens (tertiary/aromatic N) is 2. The maximum atomic E-state index is 11.8. The van der Waals surface area contributed by atoms with Crippen LogP contribution in [-0.4, -0.2) is 28.8 Å². The molecule has 0 aliphatic rings. The number of carbonyl (C=O) groups is 1. The van der Waals surface area contributed by atoms with Gasteiger partial charge in [0.2, 0.25) is 0 Å². The van der Waals surface area contributed by atoms with Crippen molar-refractivity contribution in [2.45, 2.75) is 6.42 Å². The Balaban J connectivity index is 1.40. The molecule has 5 nitrogen and oxygen atoms in total. The second-order valence-corrected chi connectivity index (χ2v) is 6.38. The summed E-state index contributed by atoms with van der Waals surface area (Å²) in [4.78, 5) is 11.8. The summed E-state index contributed by atoms with van der Waals surface area (Å²) >= 11 is 3.36. The van der Waals surface area contributed by atoms with E-state index >= 15 is 0 Å². The molecule has 2 aromatic carbocycles. The minimum absolute atomic E-state index is 0.0138. The van der Waals surface area contributed by atoms with Crippen LogP contribution in [-0.2, 0) is 11.2 Å². The van der Waals surface area contributed by atoms with Crippen LogP contribution in [0.25, 0.3) is 5.69 Å². The third-order valence-electron chi connectivity index (χ3n) is 3.62. The third-order valence-corrected chi connectivity index (χ3v) is 4.15. The molecule has 25 heavy (non-hydrogen) atoms. The highest BCUT2D eigenvalue weighted by atomic mass is 79.9. The van der Waals surface area contributed by atoms with Crippen molar-refractivity contribution >= 4 is 21.8 Å². The molecule has 0 radical (unpaired) electrons. The fraction of sp³-hybridized carbons (Fsp3) is 0.158. The Labute approximate surface area is 154 Å². The van der Waals surface area contributed by atoms with Gasteiger partial charge in [0.15, 0.2) is 6.61 Å². The van der Waals surface area contributed by atoms with Crippen LogP contribution < -0.4 is 10.1 Å². The number of hydrogen-bond donors (Lipinski definition) is 1. The van der Waals surface area contributed by atoms with Crippen molar-refractivity contribution in [2.75, 3.05) is 13.2 Å². The summed E-state index contributed by atoms with van der Waals surface area (Å²) in [5, 5.41) is 7.06. The number of hydrogen-bond acceptors (Lipinski definition) is 3. The molecule has 1 heterocycles. The van der Waals surface area contributed by atoms with Gasteiger partial charge in [-0.3, -0.25) is 4.79 Å². The Kier molecular flexibility index (Phi) is 5.85. The van der Waals surface area contributed by atoms with Gasteiger partial charge >= 0.3 is 0 Å². The minimum atomic E-state index is -0.129. The Hall–Kier alpha value is -2.60.